The van der Waals surface area contributed by atoms with E-state index in [0.29, 0.717) is 21.0 Å². The van der Waals surface area contributed by atoms with Gasteiger partial charge in [-0.25, -0.2) is 0 Å². The van der Waals surface area contributed by atoms with Crippen molar-refractivity contribution in [3.05, 3.63) is 0 Å². The Hall–Kier alpha value is -0.440. The molecule has 6 fully saturated rings. The van der Waals surface area contributed by atoms with Crippen molar-refractivity contribution in [1.29, 1.82) is 0 Å². The van der Waals surface area contributed by atoms with Crippen LogP contribution in [0.1, 0.15) is 27.7 Å². The number of hydrogen-bond acceptors (Lipinski definition) is 8. The van der Waals surface area contributed by atoms with E-state index in [1.165, 1.54) is 0 Å². The molecule has 4 bridgehead atoms. The Morgan fingerprint density at radius 1 is 0.759 bits per heavy atom. The summed E-state index contributed by atoms with van der Waals surface area (Å²) in [7, 11) is 0. The highest BCUT2D eigenvalue weighted by Crippen LogP contribution is 2.63. The second-order valence-electron chi connectivity index (χ2n) is 10.4. The van der Waals surface area contributed by atoms with Gasteiger partial charge in [0, 0.05) is 26.4 Å². The van der Waals surface area contributed by atoms with Gasteiger partial charge in [0.15, 0.2) is 0 Å². The zero-order valence-electron chi connectivity index (χ0n) is 17.1. The van der Waals surface area contributed by atoms with E-state index in [9.17, 15) is 9.59 Å². The van der Waals surface area contributed by atoms with Crippen LogP contribution in [0.15, 0.2) is 0 Å². The molecule has 0 aromatic carbocycles. The number of carbonyl (C=O) groups excluding carboxylic acids is 2. The number of esters is 2. The molecule has 6 heterocycles. The van der Waals surface area contributed by atoms with Gasteiger partial charge < -0.3 is 18.9 Å². The van der Waals surface area contributed by atoms with Gasteiger partial charge in [0.05, 0.1) is 49.5 Å². The van der Waals surface area contributed by atoms with Crippen molar-refractivity contribution in [2.45, 2.75) is 73.1 Å². The maximum absolute atomic E-state index is 12.7. The van der Waals surface area contributed by atoms with Crippen molar-refractivity contribution in [3.63, 3.8) is 0 Å². The Kier molecular flexibility index (Phi) is 4.18. The number of thioether (sulfide) groups is 2. The normalized spacial score (nSPS) is 52.8. The molecule has 6 aliphatic heterocycles. The van der Waals surface area contributed by atoms with Crippen molar-refractivity contribution in [1.82, 2.24) is 0 Å². The highest BCUT2D eigenvalue weighted by molar-refractivity contribution is 8.08. The average Bonchev–Trinajstić information content (AvgIpc) is 3.53. The van der Waals surface area contributed by atoms with Crippen molar-refractivity contribution in [2.24, 2.45) is 29.1 Å². The van der Waals surface area contributed by atoms with Gasteiger partial charge in [-0.1, -0.05) is 27.7 Å². The minimum Gasteiger partial charge on any atom is -0.465 e. The smallest absolute Gasteiger partial charge is 0.312 e. The van der Waals surface area contributed by atoms with Crippen LogP contribution in [0.5, 0.6) is 0 Å². The molecule has 0 aromatic rings. The molecule has 0 aliphatic carbocycles. The second-order valence-corrected chi connectivity index (χ2v) is 13.1. The topological polar surface area (TPSA) is 71.1 Å². The third kappa shape index (κ3) is 2.84. The molecule has 6 saturated heterocycles. The van der Waals surface area contributed by atoms with Gasteiger partial charge in [-0.3, -0.25) is 9.59 Å². The lowest BCUT2D eigenvalue weighted by atomic mass is 9.80. The first-order valence-electron chi connectivity index (χ1n) is 10.7. The van der Waals surface area contributed by atoms with Gasteiger partial charge in [-0.15, -0.1) is 23.5 Å². The third-order valence-electron chi connectivity index (χ3n) is 7.68. The maximum atomic E-state index is 12.7. The number of carbonyl (C=O) groups is 2. The predicted octanol–water partition coefficient (Wildman–Crippen LogP) is 2.13. The van der Waals surface area contributed by atoms with Crippen molar-refractivity contribution in [2.75, 3.05) is 13.2 Å². The molecule has 0 aromatic heterocycles. The van der Waals surface area contributed by atoms with E-state index in [2.05, 4.69) is 13.8 Å². The standard InChI is InChI=1S/C21H28O6S2/c1-7-9(13-17-15(28-17)11(7)26-13)19(22)24-5-21(3,4)6-25-20(23)10-8(2)12-16-18(29-16)14(10)27-12/h7-18H,5-6H2,1-4H3. The summed E-state index contributed by atoms with van der Waals surface area (Å²) in [5, 5.41) is 2.16. The molecule has 0 N–H and O–H groups in total. The molecule has 6 rings (SSSR count). The molecule has 160 valence electrons. The van der Waals surface area contributed by atoms with Crippen LogP contribution in [-0.4, -0.2) is 70.6 Å². The van der Waals surface area contributed by atoms with E-state index in [1.807, 2.05) is 37.4 Å². The summed E-state index contributed by atoms with van der Waals surface area (Å²) in [5.74, 6) is -0.220. The first kappa shape index (κ1) is 19.3. The minimum absolute atomic E-state index is 0.0156. The van der Waals surface area contributed by atoms with Gasteiger partial charge in [0.2, 0.25) is 0 Å². The van der Waals surface area contributed by atoms with E-state index in [-0.39, 0.29) is 73.2 Å². The zero-order chi connectivity index (χ0) is 20.2. The van der Waals surface area contributed by atoms with Crippen LogP contribution < -0.4 is 0 Å². The molecular formula is C21H28O6S2. The highest BCUT2D eigenvalue weighted by atomic mass is 32.2. The molecule has 0 saturated carbocycles. The fourth-order valence-electron chi connectivity index (χ4n) is 5.90. The van der Waals surface area contributed by atoms with E-state index in [4.69, 9.17) is 18.9 Å². The van der Waals surface area contributed by atoms with Gasteiger partial charge >= 0.3 is 11.9 Å². The summed E-state index contributed by atoms with van der Waals surface area (Å²) in [4.78, 5) is 25.5. The molecular weight excluding hydrogens is 412 g/mol. The van der Waals surface area contributed by atoms with E-state index in [1.54, 1.807) is 0 Å². The van der Waals surface area contributed by atoms with Crippen LogP contribution in [0.25, 0.3) is 0 Å². The summed E-state index contributed by atoms with van der Waals surface area (Å²) in [6.45, 7) is 8.61. The fourth-order valence-corrected chi connectivity index (χ4v) is 8.77. The monoisotopic (exact) mass is 440 g/mol. The second kappa shape index (κ2) is 6.30. The van der Waals surface area contributed by atoms with Gasteiger partial charge in [0.1, 0.15) is 0 Å². The van der Waals surface area contributed by atoms with Gasteiger partial charge in [-0.05, 0) is 11.8 Å². The molecule has 6 aliphatic rings. The highest BCUT2D eigenvalue weighted by Gasteiger charge is 2.69. The Bertz CT molecular complexity index is 697. The summed E-state index contributed by atoms with van der Waals surface area (Å²) < 4.78 is 23.3. The number of ether oxygens (including phenoxy) is 4. The van der Waals surface area contributed by atoms with Crippen molar-refractivity contribution < 1.29 is 28.5 Å². The molecule has 0 amide bonds. The summed E-state index contributed by atoms with van der Waals surface area (Å²) >= 11 is 3.87. The summed E-state index contributed by atoms with van der Waals surface area (Å²) in [6.07, 6.45) is 0.442. The molecule has 29 heavy (non-hydrogen) atoms. The predicted molar refractivity (Wildman–Crippen MR) is 109 cm³/mol. The molecule has 12 atom stereocenters. The molecule has 8 heteroatoms. The molecule has 0 spiro atoms. The van der Waals surface area contributed by atoms with E-state index >= 15 is 0 Å². The van der Waals surface area contributed by atoms with Crippen LogP contribution in [-0.2, 0) is 28.5 Å². The van der Waals surface area contributed by atoms with Crippen LogP contribution in [0.3, 0.4) is 0 Å². The van der Waals surface area contributed by atoms with E-state index < -0.39 is 5.41 Å². The summed E-state index contributed by atoms with van der Waals surface area (Å²) in [5.41, 5.74) is -0.428. The van der Waals surface area contributed by atoms with Crippen LogP contribution >= 0.6 is 23.5 Å². The number of fused-ring (bicyclic) bond motifs is 10. The van der Waals surface area contributed by atoms with Gasteiger partial charge in [-0.2, -0.15) is 0 Å². The van der Waals surface area contributed by atoms with Crippen molar-refractivity contribution in [3.8, 4) is 0 Å². The number of rotatable bonds is 6. The Morgan fingerprint density at radius 2 is 1.14 bits per heavy atom. The third-order valence-corrected chi connectivity index (χ3v) is 10.6. The van der Waals surface area contributed by atoms with E-state index in [0.717, 1.165) is 0 Å². The minimum atomic E-state index is -0.428. The SMILES string of the molecule is CC1C2OC(C3SC23)C1C(=O)OCC(C)(C)COC(=O)C1C(C)C2OC1C1SC21. The molecule has 6 nitrogen and oxygen atoms in total. The van der Waals surface area contributed by atoms with Crippen LogP contribution in [0.2, 0.25) is 0 Å². The maximum Gasteiger partial charge on any atom is 0.312 e. The first-order chi connectivity index (χ1) is 13.8. The van der Waals surface area contributed by atoms with Crippen molar-refractivity contribution >= 4 is 35.5 Å². The molecule has 0 radical (unpaired) electrons. The lowest BCUT2D eigenvalue weighted by Crippen LogP contribution is -2.40. The van der Waals surface area contributed by atoms with Crippen LogP contribution in [0, 0.1) is 29.1 Å². The largest absolute Gasteiger partial charge is 0.465 e. The zero-order valence-corrected chi connectivity index (χ0v) is 18.7. The lowest BCUT2D eigenvalue weighted by Gasteiger charge is -2.28. The quantitative estimate of drug-likeness (QED) is 0.460. The first-order valence-corrected chi connectivity index (χ1v) is 12.6. The Balaban J connectivity index is 1.01. The van der Waals surface area contributed by atoms with Crippen LogP contribution in [0.4, 0.5) is 0 Å². The average molecular weight is 441 g/mol. The summed E-state index contributed by atoms with van der Waals surface area (Å²) in [6, 6.07) is 0. The Morgan fingerprint density at radius 3 is 1.52 bits per heavy atom. The fraction of sp³-hybridized carbons (Fsp3) is 0.905. The lowest BCUT2D eigenvalue weighted by molar-refractivity contribution is -0.160. The molecule has 12 unspecified atom stereocenters. The number of hydrogen-bond donors (Lipinski definition) is 0. The van der Waals surface area contributed by atoms with Gasteiger partial charge in [0.25, 0.3) is 0 Å². The Labute approximate surface area is 179 Å².